The van der Waals surface area contributed by atoms with Crippen LogP contribution in [0.25, 0.3) is 11.1 Å². The van der Waals surface area contributed by atoms with E-state index in [1.165, 1.54) is 14.2 Å². The molecule has 0 aliphatic carbocycles. The highest BCUT2D eigenvalue weighted by molar-refractivity contribution is 5.85. The first-order valence-electron chi connectivity index (χ1n) is 6.45. The van der Waals surface area contributed by atoms with Crippen molar-refractivity contribution in [2.45, 2.75) is 6.92 Å². The minimum absolute atomic E-state index is 0.0512. The lowest BCUT2D eigenvalue weighted by atomic mass is 9.94. The molecule has 112 valence electrons. The molecule has 0 aliphatic heterocycles. The maximum absolute atomic E-state index is 11.3. The van der Waals surface area contributed by atoms with E-state index in [-0.39, 0.29) is 17.0 Å². The van der Waals surface area contributed by atoms with Gasteiger partial charge in [0.15, 0.2) is 0 Å². The van der Waals surface area contributed by atoms with Gasteiger partial charge in [-0.2, -0.15) is 5.26 Å². The molecule has 2 aromatic carbocycles. The second-order valence-electron chi connectivity index (χ2n) is 4.53. The summed E-state index contributed by atoms with van der Waals surface area (Å²) in [6.45, 7) is 1.58. The largest absolute Gasteiger partial charge is 0.496 e. The summed E-state index contributed by atoms with van der Waals surface area (Å²) in [6.07, 6.45) is 0. The van der Waals surface area contributed by atoms with E-state index in [0.717, 1.165) is 5.56 Å². The molecule has 0 atom stereocenters. The molecule has 0 aliphatic rings. The molecule has 0 spiro atoms. The highest BCUT2D eigenvalue weighted by Crippen LogP contribution is 2.47. The normalized spacial score (nSPS) is 9.91. The third-order valence-corrected chi connectivity index (χ3v) is 3.38. The molecule has 6 heteroatoms. The number of hydrogen-bond acceptors (Lipinski definition) is 5. The van der Waals surface area contributed by atoms with Gasteiger partial charge in [-0.15, -0.1) is 0 Å². The number of ether oxygens (including phenoxy) is 2. The SMILES string of the molecule is COc1c(C)c([N+](=O)[O-])c(OC)c(C#N)c1-c1ccccc1. The highest BCUT2D eigenvalue weighted by atomic mass is 16.6. The molecule has 2 rings (SSSR count). The van der Waals surface area contributed by atoms with Crippen LogP contribution in [0.1, 0.15) is 11.1 Å². The van der Waals surface area contributed by atoms with Crippen molar-refractivity contribution in [3.63, 3.8) is 0 Å². The first kappa shape index (κ1) is 15.3. The molecule has 2 aromatic rings. The minimum Gasteiger partial charge on any atom is -0.496 e. The predicted octanol–water partition coefficient (Wildman–Crippen LogP) is 3.46. The van der Waals surface area contributed by atoms with Gasteiger partial charge in [0.2, 0.25) is 5.75 Å². The van der Waals surface area contributed by atoms with Crippen molar-refractivity contribution in [2.75, 3.05) is 14.2 Å². The van der Waals surface area contributed by atoms with E-state index in [9.17, 15) is 15.4 Å². The third kappa shape index (κ3) is 2.33. The Balaban J connectivity index is 2.98. The number of methoxy groups -OCH3 is 2. The second-order valence-corrected chi connectivity index (χ2v) is 4.53. The van der Waals surface area contributed by atoms with Gasteiger partial charge in [-0.25, -0.2) is 0 Å². The molecule has 0 N–H and O–H groups in total. The van der Waals surface area contributed by atoms with Crippen LogP contribution < -0.4 is 9.47 Å². The van der Waals surface area contributed by atoms with E-state index >= 15 is 0 Å². The van der Waals surface area contributed by atoms with Crippen molar-refractivity contribution in [2.24, 2.45) is 0 Å². The van der Waals surface area contributed by atoms with E-state index in [0.29, 0.717) is 16.9 Å². The summed E-state index contributed by atoms with van der Waals surface area (Å²) in [5.41, 5.74) is 1.37. The number of nitro benzene ring substituents is 1. The van der Waals surface area contributed by atoms with Crippen LogP contribution in [-0.4, -0.2) is 19.1 Å². The molecule has 6 nitrogen and oxygen atoms in total. The van der Waals surface area contributed by atoms with Crippen LogP contribution in [0.4, 0.5) is 5.69 Å². The van der Waals surface area contributed by atoms with Crippen LogP contribution in [0, 0.1) is 28.4 Å². The van der Waals surface area contributed by atoms with Crippen LogP contribution in [0.2, 0.25) is 0 Å². The Hall–Kier alpha value is -3.07. The maximum Gasteiger partial charge on any atom is 0.318 e. The molecule has 0 saturated heterocycles. The van der Waals surface area contributed by atoms with Gasteiger partial charge in [-0.1, -0.05) is 30.3 Å². The molecule has 0 saturated carbocycles. The van der Waals surface area contributed by atoms with Crippen molar-refractivity contribution in [3.8, 4) is 28.7 Å². The number of hydrogen-bond donors (Lipinski definition) is 0. The standard InChI is InChI=1S/C16H14N2O4/c1-10-14(18(19)20)16(22-3)12(9-17)13(15(10)21-2)11-7-5-4-6-8-11/h4-8H,1-3H3. The number of nitriles is 1. The molecule has 0 unspecified atom stereocenters. The summed E-state index contributed by atoms with van der Waals surface area (Å²) < 4.78 is 10.5. The van der Waals surface area contributed by atoms with Crippen molar-refractivity contribution < 1.29 is 14.4 Å². The maximum atomic E-state index is 11.3. The van der Waals surface area contributed by atoms with E-state index < -0.39 is 4.92 Å². The summed E-state index contributed by atoms with van der Waals surface area (Å²) in [5.74, 6) is 0.250. The lowest BCUT2D eigenvalue weighted by Gasteiger charge is -2.16. The van der Waals surface area contributed by atoms with Gasteiger partial charge in [0.1, 0.15) is 17.4 Å². The topological polar surface area (TPSA) is 85.4 Å². The van der Waals surface area contributed by atoms with Gasteiger partial charge in [-0.05, 0) is 12.5 Å². The molecule has 22 heavy (non-hydrogen) atoms. The fourth-order valence-corrected chi connectivity index (χ4v) is 2.47. The molecule has 0 bridgehead atoms. The zero-order valence-corrected chi connectivity index (χ0v) is 12.4. The Bertz CT molecular complexity index is 764. The number of nitro groups is 1. The van der Waals surface area contributed by atoms with Gasteiger partial charge >= 0.3 is 5.69 Å². The second kappa shape index (κ2) is 6.14. The molecule has 0 heterocycles. The van der Waals surface area contributed by atoms with Gasteiger partial charge < -0.3 is 9.47 Å². The van der Waals surface area contributed by atoms with Crippen molar-refractivity contribution >= 4 is 5.69 Å². The zero-order valence-electron chi connectivity index (χ0n) is 12.4. The van der Waals surface area contributed by atoms with Crippen LogP contribution in [0.5, 0.6) is 11.5 Å². The number of benzene rings is 2. The lowest BCUT2D eigenvalue weighted by molar-refractivity contribution is -0.386. The summed E-state index contributed by atoms with van der Waals surface area (Å²) in [4.78, 5) is 10.8. The van der Waals surface area contributed by atoms with E-state index in [1.807, 2.05) is 36.4 Å². The Morgan fingerprint density at radius 1 is 1.14 bits per heavy atom. The molecular weight excluding hydrogens is 284 g/mol. The van der Waals surface area contributed by atoms with E-state index in [2.05, 4.69) is 0 Å². The molecular formula is C16H14N2O4. The predicted molar refractivity (Wildman–Crippen MR) is 81.1 cm³/mol. The Morgan fingerprint density at radius 2 is 1.73 bits per heavy atom. The van der Waals surface area contributed by atoms with E-state index in [1.54, 1.807) is 6.92 Å². The third-order valence-electron chi connectivity index (χ3n) is 3.38. The summed E-state index contributed by atoms with van der Waals surface area (Å²) in [5, 5.41) is 20.8. The van der Waals surface area contributed by atoms with Crippen LogP contribution >= 0.6 is 0 Å². The number of rotatable bonds is 4. The van der Waals surface area contributed by atoms with E-state index in [4.69, 9.17) is 9.47 Å². The van der Waals surface area contributed by atoms with Crippen molar-refractivity contribution in [1.29, 1.82) is 5.26 Å². The zero-order chi connectivity index (χ0) is 16.3. The highest BCUT2D eigenvalue weighted by Gasteiger charge is 2.31. The summed E-state index contributed by atoms with van der Waals surface area (Å²) >= 11 is 0. The number of nitrogens with zero attached hydrogens (tertiary/aromatic N) is 2. The van der Waals surface area contributed by atoms with Crippen LogP contribution in [0.3, 0.4) is 0 Å². The van der Waals surface area contributed by atoms with Crippen molar-refractivity contribution in [3.05, 3.63) is 51.6 Å². The fraction of sp³-hybridized carbons (Fsp3) is 0.188. The van der Waals surface area contributed by atoms with Gasteiger partial charge in [0.25, 0.3) is 0 Å². The van der Waals surface area contributed by atoms with Crippen LogP contribution in [0.15, 0.2) is 30.3 Å². The monoisotopic (exact) mass is 298 g/mol. The first-order valence-corrected chi connectivity index (χ1v) is 6.45. The quantitative estimate of drug-likeness (QED) is 0.637. The Morgan fingerprint density at radius 3 is 2.18 bits per heavy atom. The van der Waals surface area contributed by atoms with Gasteiger partial charge in [0, 0.05) is 5.56 Å². The van der Waals surface area contributed by atoms with Crippen molar-refractivity contribution in [1.82, 2.24) is 0 Å². The minimum atomic E-state index is -0.563. The smallest absolute Gasteiger partial charge is 0.318 e. The molecule has 0 fully saturated rings. The van der Waals surface area contributed by atoms with Crippen LogP contribution in [-0.2, 0) is 0 Å². The molecule has 0 radical (unpaired) electrons. The summed E-state index contributed by atoms with van der Waals surface area (Å²) in [7, 11) is 2.73. The average molecular weight is 298 g/mol. The first-order chi connectivity index (χ1) is 10.6. The summed E-state index contributed by atoms with van der Waals surface area (Å²) in [6, 6.07) is 11.1. The fourth-order valence-electron chi connectivity index (χ4n) is 2.47. The van der Waals surface area contributed by atoms with Gasteiger partial charge in [-0.3, -0.25) is 10.1 Å². The van der Waals surface area contributed by atoms with Gasteiger partial charge in [0.05, 0.1) is 24.7 Å². The Labute approximate surface area is 127 Å². The average Bonchev–Trinajstić information content (AvgIpc) is 2.53. The lowest BCUT2D eigenvalue weighted by Crippen LogP contribution is -2.04. The molecule has 0 amide bonds. The Kier molecular flexibility index (Phi) is 4.28. The molecule has 0 aromatic heterocycles.